The van der Waals surface area contributed by atoms with Gasteiger partial charge in [0.1, 0.15) is 0 Å². The summed E-state index contributed by atoms with van der Waals surface area (Å²) >= 11 is 0. The van der Waals surface area contributed by atoms with Gasteiger partial charge < -0.3 is 16.8 Å². The highest BCUT2D eigenvalue weighted by Crippen LogP contribution is 1.96. The molecule has 0 aliphatic heterocycles. The van der Waals surface area contributed by atoms with Crippen molar-refractivity contribution in [2.75, 3.05) is 13.6 Å². The summed E-state index contributed by atoms with van der Waals surface area (Å²) in [5.41, 5.74) is 10.9. The second-order valence-electron chi connectivity index (χ2n) is 2.57. The quantitative estimate of drug-likeness (QED) is 0.490. The lowest BCUT2D eigenvalue weighted by atomic mass is 10.1. The molecule has 0 rings (SSSR count). The Hall–Kier alpha value is -0.610. The van der Waals surface area contributed by atoms with Gasteiger partial charge in [-0.1, -0.05) is 0 Å². The Morgan fingerprint density at radius 2 is 2.27 bits per heavy atom. The first kappa shape index (κ1) is 10.4. The zero-order valence-electron chi connectivity index (χ0n) is 6.97. The van der Waals surface area contributed by atoms with Gasteiger partial charge in [-0.25, -0.2) is 0 Å². The van der Waals surface area contributed by atoms with Gasteiger partial charge in [0.25, 0.3) is 0 Å². The molecule has 0 heterocycles. The zero-order valence-corrected chi connectivity index (χ0v) is 6.97. The number of rotatable bonds is 5. The Morgan fingerprint density at radius 1 is 1.64 bits per heavy atom. The van der Waals surface area contributed by atoms with Crippen LogP contribution in [0.1, 0.15) is 19.3 Å². The van der Waals surface area contributed by atoms with E-state index in [-0.39, 0.29) is 11.9 Å². The van der Waals surface area contributed by atoms with Crippen LogP contribution in [-0.4, -0.2) is 25.5 Å². The van der Waals surface area contributed by atoms with E-state index in [2.05, 4.69) is 5.32 Å². The summed E-state index contributed by atoms with van der Waals surface area (Å²) in [7, 11) is 1.61. The van der Waals surface area contributed by atoms with Crippen molar-refractivity contribution < 1.29 is 4.79 Å². The molecule has 0 aromatic carbocycles. The summed E-state index contributed by atoms with van der Waals surface area (Å²) in [4.78, 5) is 10.8. The first-order chi connectivity index (χ1) is 5.20. The summed E-state index contributed by atoms with van der Waals surface area (Å²) in [6.45, 7) is 0.640. The molecule has 5 N–H and O–H groups in total. The molecule has 11 heavy (non-hydrogen) atoms. The van der Waals surface area contributed by atoms with Crippen molar-refractivity contribution >= 4 is 5.91 Å². The Morgan fingerprint density at radius 3 is 2.73 bits per heavy atom. The highest BCUT2D eigenvalue weighted by Gasteiger charge is 2.06. The second-order valence-corrected chi connectivity index (χ2v) is 2.57. The molecule has 4 nitrogen and oxygen atoms in total. The smallest absolute Gasteiger partial charge is 0.221 e. The van der Waals surface area contributed by atoms with Crippen LogP contribution >= 0.6 is 0 Å². The minimum Gasteiger partial charge on any atom is -0.359 e. The molecule has 0 fully saturated rings. The molecule has 0 aromatic rings. The van der Waals surface area contributed by atoms with E-state index in [1.54, 1.807) is 7.05 Å². The van der Waals surface area contributed by atoms with E-state index >= 15 is 0 Å². The molecule has 0 radical (unpaired) electrons. The third-order valence-electron chi connectivity index (χ3n) is 1.51. The maximum Gasteiger partial charge on any atom is 0.221 e. The first-order valence-electron chi connectivity index (χ1n) is 3.87. The third kappa shape index (κ3) is 5.82. The van der Waals surface area contributed by atoms with Crippen LogP contribution in [0.15, 0.2) is 0 Å². The Labute approximate surface area is 67.3 Å². The highest BCUT2D eigenvalue weighted by atomic mass is 16.1. The molecule has 0 saturated heterocycles. The average molecular weight is 159 g/mol. The SMILES string of the molecule is CNC(=O)CC(N)CCCN. The number of carbonyl (C=O) groups excluding carboxylic acids is 1. The third-order valence-corrected chi connectivity index (χ3v) is 1.51. The fraction of sp³-hybridized carbons (Fsp3) is 0.857. The summed E-state index contributed by atoms with van der Waals surface area (Å²) in [5.74, 6) is -0.00507. The molecular formula is C7H17N3O. The molecule has 0 aliphatic rings. The average Bonchev–Trinajstić information content (AvgIpc) is 2.00. The zero-order chi connectivity index (χ0) is 8.69. The fourth-order valence-corrected chi connectivity index (χ4v) is 0.822. The molecule has 0 aromatic heterocycles. The van der Waals surface area contributed by atoms with Crippen LogP contribution in [0.25, 0.3) is 0 Å². The van der Waals surface area contributed by atoms with Gasteiger partial charge in [0.15, 0.2) is 0 Å². The topological polar surface area (TPSA) is 81.1 Å². The van der Waals surface area contributed by atoms with E-state index in [0.29, 0.717) is 13.0 Å². The lowest BCUT2D eigenvalue weighted by Crippen LogP contribution is -2.29. The minimum absolute atomic E-state index is 0.00507. The Kier molecular flexibility index (Phi) is 5.78. The number of hydrogen-bond acceptors (Lipinski definition) is 3. The maximum absolute atomic E-state index is 10.8. The number of hydrogen-bond donors (Lipinski definition) is 3. The van der Waals surface area contributed by atoms with Crippen LogP contribution in [0.3, 0.4) is 0 Å². The van der Waals surface area contributed by atoms with Gasteiger partial charge in [0.2, 0.25) is 5.91 Å². The molecule has 66 valence electrons. The highest BCUT2D eigenvalue weighted by molar-refractivity contribution is 5.76. The van der Waals surface area contributed by atoms with Crippen molar-refractivity contribution in [1.82, 2.24) is 5.32 Å². The summed E-state index contributed by atoms with van der Waals surface area (Å²) < 4.78 is 0. The minimum atomic E-state index is -0.0431. The van der Waals surface area contributed by atoms with E-state index < -0.39 is 0 Å². The van der Waals surface area contributed by atoms with Crippen LogP contribution < -0.4 is 16.8 Å². The van der Waals surface area contributed by atoms with Crippen molar-refractivity contribution in [2.45, 2.75) is 25.3 Å². The van der Waals surface area contributed by atoms with E-state index in [4.69, 9.17) is 11.5 Å². The van der Waals surface area contributed by atoms with Crippen LogP contribution in [-0.2, 0) is 4.79 Å². The number of nitrogens with two attached hydrogens (primary N) is 2. The van der Waals surface area contributed by atoms with Crippen LogP contribution in [0.2, 0.25) is 0 Å². The molecule has 1 amide bonds. The monoisotopic (exact) mass is 159 g/mol. The molecule has 0 spiro atoms. The van der Waals surface area contributed by atoms with Gasteiger partial charge in [-0.05, 0) is 19.4 Å². The maximum atomic E-state index is 10.8. The van der Waals surface area contributed by atoms with Gasteiger partial charge in [-0.15, -0.1) is 0 Å². The van der Waals surface area contributed by atoms with E-state index in [1.807, 2.05) is 0 Å². The van der Waals surface area contributed by atoms with Gasteiger partial charge >= 0.3 is 0 Å². The number of nitrogens with one attached hydrogen (secondary N) is 1. The fourth-order valence-electron chi connectivity index (χ4n) is 0.822. The van der Waals surface area contributed by atoms with E-state index in [0.717, 1.165) is 12.8 Å². The Bertz CT molecular complexity index is 116. The van der Waals surface area contributed by atoms with Crippen molar-refractivity contribution in [1.29, 1.82) is 0 Å². The molecular weight excluding hydrogens is 142 g/mol. The van der Waals surface area contributed by atoms with Crippen molar-refractivity contribution in [2.24, 2.45) is 11.5 Å². The largest absolute Gasteiger partial charge is 0.359 e. The van der Waals surface area contributed by atoms with Crippen LogP contribution in [0, 0.1) is 0 Å². The number of amides is 1. The standard InChI is InChI=1S/C7H17N3O/c1-10-7(11)5-6(9)3-2-4-8/h6H,2-5,8-9H2,1H3,(H,10,11). The van der Waals surface area contributed by atoms with Gasteiger partial charge in [0, 0.05) is 19.5 Å². The van der Waals surface area contributed by atoms with Gasteiger partial charge in [-0.3, -0.25) is 4.79 Å². The predicted molar refractivity (Wildman–Crippen MR) is 44.9 cm³/mol. The molecule has 0 aliphatic carbocycles. The van der Waals surface area contributed by atoms with Crippen LogP contribution in [0.4, 0.5) is 0 Å². The normalized spacial score (nSPS) is 12.6. The molecule has 1 atom stereocenters. The van der Waals surface area contributed by atoms with E-state index in [9.17, 15) is 4.79 Å². The van der Waals surface area contributed by atoms with Gasteiger partial charge in [0.05, 0.1) is 0 Å². The number of carbonyl (C=O) groups is 1. The predicted octanol–water partition coefficient (Wildman–Crippen LogP) is -0.811. The lowest BCUT2D eigenvalue weighted by molar-refractivity contribution is -0.120. The summed E-state index contributed by atoms with van der Waals surface area (Å²) in [6.07, 6.45) is 2.11. The van der Waals surface area contributed by atoms with Gasteiger partial charge in [-0.2, -0.15) is 0 Å². The van der Waals surface area contributed by atoms with Crippen molar-refractivity contribution in [3.63, 3.8) is 0 Å². The molecule has 4 heteroatoms. The van der Waals surface area contributed by atoms with Crippen molar-refractivity contribution in [3.05, 3.63) is 0 Å². The summed E-state index contributed by atoms with van der Waals surface area (Å²) in [5, 5.41) is 2.52. The molecule has 0 saturated carbocycles. The lowest BCUT2D eigenvalue weighted by Gasteiger charge is -2.08. The first-order valence-corrected chi connectivity index (χ1v) is 3.87. The Balaban J connectivity index is 3.35. The summed E-state index contributed by atoms with van der Waals surface area (Å²) in [6, 6.07) is -0.0431. The van der Waals surface area contributed by atoms with Crippen molar-refractivity contribution in [3.8, 4) is 0 Å². The molecule has 1 unspecified atom stereocenters. The van der Waals surface area contributed by atoms with E-state index in [1.165, 1.54) is 0 Å². The van der Waals surface area contributed by atoms with Crippen LogP contribution in [0.5, 0.6) is 0 Å². The molecule has 0 bridgehead atoms. The second kappa shape index (κ2) is 6.12.